The standard InChI is InChI=1S/C22H21N3O2/c1-22(23,17-11-5-2-6-12-17)20(26)24-21(27)25(18-13-7-3-8-14-18)19-15-9-4-10-16-19/h2-16H,23H2,1H3,(H,24,26,27). The Balaban J connectivity index is 1.88. The fourth-order valence-electron chi connectivity index (χ4n) is 2.74. The first-order valence-corrected chi connectivity index (χ1v) is 8.60. The van der Waals surface area contributed by atoms with Crippen LogP contribution in [0.25, 0.3) is 0 Å². The van der Waals surface area contributed by atoms with E-state index >= 15 is 0 Å². The van der Waals surface area contributed by atoms with E-state index in [0.29, 0.717) is 16.9 Å². The molecule has 1 atom stereocenters. The molecule has 5 nitrogen and oxygen atoms in total. The van der Waals surface area contributed by atoms with Gasteiger partial charge in [0.25, 0.3) is 5.91 Å². The van der Waals surface area contributed by atoms with E-state index in [4.69, 9.17) is 5.73 Å². The van der Waals surface area contributed by atoms with Crippen LogP contribution in [0.4, 0.5) is 16.2 Å². The molecule has 0 radical (unpaired) electrons. The highest BCUT2D eigenvalue weighted by molar-refractivity contribution is 6.09. The van der Waals surface area contributed by atoms with E-state index in [0.717, 1.165) is 0 Å². The number of anilines is 2. The topological polar surface area (TPSA) is 75.4 Å². The number of para-hydroxylation sites is 2. The number of rotatable bonds is 4. The molecule has 3 aromatic carbocycles. The van der Waals surface area contributed by atoms with Crippen molar-refractivity contribution in [3.63, 3.8) is 0 Å². The van der Waals surface area contributed by atoms with Crippen molar-refractivity contribution in [2.75, 3.05) is 4.90 Å². The van der Waals surface area contributed by atoms with Gasteiger partial charge in [-0.3, -0.25) is 15.0 Å². The maximum Gasteiger partial charge on any atom is 0.333 e. The van der Waals surface area contributed by atoms with Crippen LogP contribution in [0.15, 0.2) is 91.0 Å². The monoisotopic (exact) mass is 359 g/mol. The third-order valence-electron chi connectivity index (χ3n) is 4.30. The third-order valence-corrected chi connectivity index (χ3v) is 4.30. The van der Waals surface area contributed by atoms with Gasteiger partial charge in [0.05, 0.1) is 11.4 Å². The molecule has 1 unspecified atom stereocenters. The number of nitrogens with zero attached hydrogens (tertiary/aromatic N) is 1. The summed E-state index contributed by atoms with van der Waals surface area (Å²) in [5.74, 6) is -0.574. The fourth-order valence-corrected chi connectivity index (χ4v) is 2.74. The van der Waals surface area contributed by atoms with Gasteiger partial charge >= 0.3 is 6.03 Å². The van der Waals surface area contributed by atoms with Gasteiger partial charge in [-0.25, -0.2) is 4.79 Å². The number of hydrogen-bond donors (Lipinski definition) is 2. The van der Waals surface area contributed by atoms with Gasteiger partial charge in [0.15, 0.2) is 0 Å². The molecular formula is C22H21N3O2. The zero-order chi connectivity index (χ0) is 19.3. The summed E-state index contributed by atoms with van der Waals surface area (Å²) in [7, 11) is 0. The van der Waals surface area contributed by atoms with Crippen LogP contribution < -0.4 is 16.0 Å². The van der Waals surface area contributed by atoms with Gasteiger partial charge in [-0.05, 0) is 36.8 Å². The van der Waals surface area contributed by atoms with Crippen LogP contribution >= 0.6 is 0 Å². The first kappa shape index (κ1) is 18.4. The molecule has 0 aliphatic carbocycles. The van der Waals surface area contributed by atoms with Crippen LogP contribution in [0.2, 0.25) is 0 Å². The average molecular weight is 359 g/mol. The van der Waals surface area contributed by atoms with Crippen LogP contribution in [0.5, 0.6) is 0 Å². The Morgan fingerprint density at radius 2 is 1.19 bits per heavy atom. The predicted molar refractivity (Wildman–Crippen MR) is 107 cm³/mol. The van der Waals surface area contributed by atoms with E-state index in [-0.39, 0.29) is 0 Å². The van der Waals surface area contributed by atoms with Crippen LogP contribution in [0.1, 0.15) is 12.5 Å². The van der Waals surface area contributed by atoms with E-state index in [1.54, 1.807) is 55.5 Å². The molecule has 3 aromatic rings. The number of hydrogen-bond acceptors (Lipinski definition) is 3. The van der Waals surface area contributed by atoms with Crippen LogP contribution in [-0.2, 0) is 10.3 Å². The maximum absolute atomic E-state index is 13.0. The molecule has 0 spiro atoms. The molecule has 0 fully saturated rings. The average Bonchev–Trinajstić information content (AvgIpc) is 2.70. The van der Waals surface area contributed by atoms with E-state index in [1.165, 1.54) is 4.90 Å². The van der Waals surface area contributed by atoms with Gasteiger partial charge < -0.3 is 5.73 Å². The minimum absolute atomic E-state index is 0.565. The van der Waals surface area contributed by atoms with Crippen LogP contribution in [-0.4, -0.2) is 11.9 Å². The van der Waals surface area contributed by atoms with E-state index < -0.39 is 17.5 Å². The van der Waals surface area contributed by atoms with Crippen molar-refractivity contribution >= 4 is 23.3 Å². The van der Waals surface area contributed by atoms with Crippen LogP contribution in [0.3, 0.4) is 0 Å². The number of imide groups is 1. The lowest BCUT2D eigenvalue weighted by molar-refractivity contribution is -0.124. The molecule has 0 saturated heterocycles. The summed E-state index contributed by atoms with van der Waals surface area (Å²) in [5, 5.41) is 2.44. The quantitative estimate of drug-likeness (QED) is 0.741. The predicted octanol–water partition coefficient (Wildman–Crippen LogP) is 3.94. The van der Waals surface area contributed by atoms with Crippen LogP contribution in [0, 0.1) is 0 Å². The number of nitrogens with one attached hydrogen (secondary N) is 1. The second kappa shape index (κ2) is 7.85. The summed E-state index contributed by atoms with van der Waals surface area (Å²) in [6.45, 7) is 1.58. The van der Waals surface area contributed by atoms with Gasteiger partial charge in [-0.15, -0.1) is 0 Å². The summed E-state index contributed by atoms with van der Waals surface area (Å²) >= 11 is 0. The number of nitrogens with two attached hydrogens (primary N) is 1. The third kappa shape index (κ3) is 4.04. The summed E-state index contributed by atoms with van der Waals surface area (Å²) in [4.78, 5) is 27.2. The Morgan fingerprint density at radius 3 is 1.63 bits per heavy atom. The second-order valence-corrected chi connectivity index (χ2v) is 6.33. The Labute approximate surface area is 158 Å². The van der Waals surface area contributed by atoms with Crippen molar-refractivity contribution in [2.24, 2.45) is 5.73 Å². The zero-order valence-corrected chi connectivity index (χ0v) is 15.0. The first-order chi connectivity index (χ1) is 13.0. The molecule has 0 aliphatic rings. The molecular weight excluding hydrogens is 338 g/mol. The second-order valence-electron chi connectivity index (χ2n) is 6.33. The van der Waals surface area contributed by atoms with Gasteiger partial charge in [-0.2, -0.15) is 0 Å². The highest BCUT2D eigenvalue weighted by Crippen LogP contribution is 2.25. The van der Waals surface area contributed by atoms with Crippen molar-refractivity contribution in [3.05, 3.63) is 96.6 Å². The molecule has 0 saturated carbocycles. The number of benzene rings is 3. The largest absolute Gasteiger partial charge is 0.333 e. The van der Waals surface area contributed by atoms with Crippen molar-refractivity contribution in [3.8, 4) is 0 Å². The lowest BCUT2D eigenvalue weighted by Crippen LogP contribution is -2.53. The van der Waals surface area contributed by atoms with Gasteiger partial charge in [0.1, 0.15) is 5.54 Å². The minimum atomic E-state index is -1.34. The van der Waals surface area contributed by atoms with E-state index in [9.17, 15) is 9.59 Å². The fraction of sp³-hybridized carbons (Fsp3) is 0.0909. The Morgan fingerprint density at radius 1 is 0.778 bits per heavy atom. The van der Waals surface area contributed by atoms with Crippen molar-refractivity contribution in [1.82, 2.24) is 5.32 Å². The first-order valence-electron chi connectivity index (χ1n) is 8.60. The molecule has 3 N–H and O–H groups in total. The van der Waals surface area contributed by atoms with Gasteiger partial charge in [0, 0.05) is 0 Å². The smallest absolute Gasteiger partial charge is 0.314 e. The van der Waals surface area contributed by atoms with Gasteiger partial charge in [0.2, 0.25) is 0 Å². The van der Waals surface area contributed by atoms with Crippen molar-refractivity contribution in [1.29, 1.82) is 0 Å². The number of carbonyl (C=O) groups is 2. The normalized spacial score (nSPS) is 12.7. The highest BCUT2D eigenvalue weighted by atomic mass is 16.2. The lowest BCUT2D eigenvalue weighted by Gasteiger charge is -2.27. The SMILES string of the molecule is CC(N)(C(=O)NC(=O)N(c1ccccc1)c1ccccc1)c1ccccc1. The molecule has 0 aromatic heterocycles. The molecule has 0 aliphatic heterocycles. The summed E-state index contributed by atoms with van der Waals surface area (Å²) in [6, 6.07) is 26.7. The minimum Gasteiger partial charge on any atom is -0.314 e. The Kier molecular flexibility index (Phi) is 5.33. The lowest BCUT2D eigenvalue weighted by atomic mass is 9.92. The molecule has 3 rings (SSSR count). The van der Waals surface area contributed by atoms with Crippen molar-refractivity contribution < 1.29 is 9.59 Å². The molecule has 27 heavy (non-hydrogen) atoms. The van der Waals surface area contributed by atoms with E-state index in [1.807, 2.05) is 42.5 Å². The van der Waals surface area contributed by atoms with Crippen molar-refractivity contribution in [2.45, 2.75) is 12.5 Å². The number of amides is 3. The summed E-state index contributed by atoms with van der Waals surface area (Å²) in [5.41, 5.74) is 6.80. The number of carbonyl (C=O) groups excluding carboxylic acids is 2. The molecule has 0 heterocycles. The van der Waals surface area contributed by atoms with E-state index in [2.05, 4.69) is 5.32 Å². The molecule has 5 heteroatoms. The summed E-state index contributed by atoms with van der Waals surface area (Å²) < 4.78 is 0. The number of urea groups is 1. The van der Waals surface area contributed by atoms with Gasteiger partial charge in [-0.1, -0.05) is 66.7 Å². The maximum atomic E-state index is 13.0. The Hall–Kier alpha value is -3.44. The zero-order valence-electron chi connectivity index (χ0n) is 15.0. The molecule has 3 amide bonds. The highest BCUT2D eigenvalue weighted by Gasteiger charge is 2.33. The molecule has 0 bridgehead atoms. The molecule has 136 valence electrons. The summed E-state index contributed by atoms with van der Waals surface area (Å²) in [6.07, 6.45) is 0. The Bertz CT molecular complexity index is 871.